The van der Waals surface area contributed by atoms with E-state index in [-0.39, 0.29) is 0 Å². The molecule has 0 spiro atoms. The number of esters is 2. The molecular weight excluding hydrogens is 362 g/mol. The highest BCUT2D eigenvalue weighted by atomic mass is 16.6. The minimum Gasteiger partial charge on any atom is -0.473 e. The average Bonchev–Trinajstić information content (AvgIpc) is 3.21. The molecule has 148 valence electrons. The predicted octanol–water partition coefficient (Wildman–Crippen LogP) is 2.99. The van der Waals surface area contributed by atoms with Crippen molar-refractivity contribution in [2.75, 3.05) is 13.7 Å². The molecule has 28 heavy (non-hydrogen) atoms. The van der Waals surface area contributed by atoms with Crippen LogP contribution in [0.15, 0.2) is 48.7 Å². The van der Waals surface area contributed by atoms with E-state index in [2.05, 4.69) is 4.98 Å². The number of carbonyl (C=O) groups excluding carboxylic acids is 2. The number of hydrogen-bond acceptors (Lipinski definition) is 7. The average molecular weight is 385 g/mol. The van der Waals surface area contributed by atoms with Crippen LogP contribution in [0.2, 0.25) is 0 Å². The number of benzene rings is 1. The molecule has 1 saturated heterocycles. The van der Waals surface area contributed by atoms with Crippen LogP contribution < -0.4 is 4.74 Å². The van der Waals surface area contributed by atoms with Crippen LogP contribution in [-0.4, -0.2) is 36.2 Å². The van der Waals surface area contributed by atoms with Gasteiger partial charge in [-0.25, -0.2) is 9.78 Å². The molecule has 0 bridgehead atoms. The summed E-state index contributed by atoms with van der Waals surface area (Å²) in [4.78, 5) is 28.5. The molecule has 2 unspecified atom stereocenters. The first-order chi connectivity index (χ1) is 13.5. The van der Waals surface area contributed by atoms with Gasteiger partial charge < -0.3 is 18.9 Å². The van der Waals surface area contributed by atoms with Crippen molar-refractivity contribution in [2.24, 2.45) is 0 Å². The molecule has 2 aromatic rings. The Bertz CT molecular complexity index is 817. The van der Waals surface area contributed by atoms with Crippen molar-refractivity contribution in [1.29, 1.82) is 0 Å². The van der Waals surface area contributed by atoms with Gasteiger partial charge in [0.25, 0.3) is 0 Å². The molecule has 0 N–H and O–H groups in total. The largest absolute Gasteiger partial charge is 0.473 e. The third kappa shape index (κ3) is 4.31. The molecule has 0 radical (unpaired) electrons. The molecule has 0 aliphatic carbocycles. The quantitative estimate of drug-likeness (QED) is 0.678. The highest BCUT2D eigenvalue weighted by Crippen LogP contribution is 2.42. The minimum absolute atomic E-state index is 0.341. The number of nitrogens with zero attached hydrogens (tertiary/aromatic N) is 1. The predicted molar refractivity (Wildman–Crippen MR) is 99.5 cm³/mol. The molecule has 2 atom stereocenters. The Balaban J connectivity index is 1.88. The standard InChI is InChI=1S/C21H23NO6/c1-15(23)28-19(21(20(24)25-2)10-6-12-27-21)17-9-11-22-18(13-17)26-14-16-7-4-3-5-8-16/h3-5,7-9,11,13,19H,6,10,12,14H2,1-2H3. The second-order valence-corrected chi connectivity index (χ2v) is 6.52. The van der Waals surface area contributed by atoms with E-state index in [1.54, 1.807) is 18.3 Å². The molecule has 1 aromatic heterocycles. The van der Waals surface area contributed by atoms with Crippen LogP contribution in [0, 0.1) is 0 Å². The van der Waals surface area contributed by atoms with E-state index in [1.165, 1.54) is 14.0 Å². The normalized spacial score (nSPS) is 19.6. The van der Waals surface area contributed by atoms with Crippen LogP contribution in [0.25, 0.3) is 0 Å². The van der Waals surface area contributed by atoms with Gasteiger partial charge in [-0.3, -0.25) is 4.79 Å². The first-order valence-corrected chi connectivity index (χ1v) is 9.07. The van der Waals surface area contributed by atoms with Crippen molar-refractivity contribution in [3.05, 3.63) is 59.8 Å². The number of aromatic nitrogens is 1. The van der Waals surface area contributed by atoms with E-state index >= 15 is 0 Å². The molecule has 3 rings (SSSR count). The summed E-state index contributed by atoms with van der Waals surface area (Å²) in [5.41, 5.74) is 0.176. The fraction of sp³-hybridized carbons (Fsp3) is 0.381. The van der Waals surface area contributed by atoms with Crippen LogP contribution in [0.3, 0.4) is 0 Å². The maximum Gasteiger partial charge on any atom is 0.342 e. The smallest absolute Gasteiger partial charge is 0.342 e. The van der Waals surface area contributed by atoms with Crippen molar-refractivity contribution in [1.82, 2.24) is 4.98 Å². The second-order valence-electron chi connectivity index (χ2n) is 6.52. The Labute approximate surface area is 163 Å². The zero-order valence-corrected chi connectivity index (χ0v) is 15.9. The third-order valence-corrected chi connectivity index (χ3v) is 4.58. The molecule has 2 heterocycles. The molecule has 1 fully saturated rings. The summed E-state index contributed by atoms with van der Waals surface area (Å²) < 4.78 is 22.0. The number of pyridine rings is 1. The molecule has 1 aliphatic heterocycles. The molecular formula is C21H23NO6. The van der Waals surface area contributed by atoms with E-state index in [9.17, 15) is 9.59 Å². The van der Waals surface area contributed by atoms with Gasteiger partial charge in [-0.1, -0.05) is 30.3 Å². The summed E-state index contributed by atoms with van der Waals surface area (Å²) in [5.74, 6) is -0.733. The molecule has 7 nitrogen and oxygen atoms in total. The summed E-state index contributed by atoms with van der Waals surface area (Å²) in [6.45, 7) is 2.02. The van der Waals surface area contributed by atoms with E-state index in [4.69, 9.17) is 18.9 Å². The summed E-state index contributed by atoms with van der Waals surface area (Å²) >= 11 is 0. The van der Waals surface area contributed by atoms with E-state index in [0.717, 1.165) is 5.56 Å². The topological polar surface area (TPSA) is 84.0 Å². The summed E-state index contributed by atoms with van der Waals surface area (Å²) in [6.07, 6.45) is 1.64. The van der Waals surface area contributed by atoms with Gasteiger partial charge in [-0.2, -0.15) is 0 Å². The van der Waals surface area contributed by atoms with Gasteiger partial charge >= 0.3 is 11.9 Å². The first kappa shape index (κ1) is 19.8. The number of carbonyl (C=O) groups is 2. The second kappa shape index (κ2) is 8.84. The molecule has 7 heteroatoms. The number of hydrogen-bond donors (Lipinski definition) is 0. The highest BCUT2D eigenvalue weighted by molar-refractivity contribution is 5.82. The maximum atomic E-state index is 12.5. The van der Waals surface area contributed by atoms with Gasteiger partial charge in [0.15, 0.2) is 6.10 Å². The molecule has 1 aliphatic rings. The Hall–Kier alpha value is -2.93. The lowest BCUT2D eigenvalue weighted by Gasteiger charge is -2.33. The summed E-state index contributed by atoms with van der Waals surface area (Å²) in [6, 6.07) is 13.0. The van der Waals surface area contributed by atoms with Gasteiger partial charge in [0.2, 0.25) is 11.5 Å². The third-order valence-electron chi connectivity index (χ3n) is 4.58. The van der Waals surface area contributed by atoms with Crippen molar-refractivity contribution in [2.45, 2.75) is 38.1 Å². The van der Waals surface area contributed by atoms with Crippen molar-refractivity contribution in [3.8, 4) is 5.88 Å². The minimum atomic E-state index is -1.38. The number of rotatable bonds is 7. The van der Waals surface area contributed by atoms with E-state index in [1.807, 2.05) is 30.3 Å². The van der Waals surface area contributed by atoms with Crippen LogP contribution in [0.1, 0.15) is 37.0 Å². The molecule has 0 saturated carbocycles. The van der Waals surface area contributed by atoms with Gasteiger partial charge in [0, 0.05) is 31.4 Å². The fourth-order valence-corrected chi connectivity index (χ4v) is 3.31. The maximum absolute atomic E-state index is 12.5. The zero-order valence-electron chi connectivity index (χ0n) is 15.9. The first-order valence-electron chi connectivity index (χ1n) is 9.07. The molecule has 1 aromatic carbocycles. The fourth-order valence-electron chi connectivity index (χ4n) is 3.31. The van der Waals surface area contributed by atoms with Crippen molar-refractivity contribution >= 4 is 11.9 Å². The highest BCUT2D eigenvalue weighted by Gasteiger charge is 2.53. The van der Waals surface area contributed by atoms with E-state index in [0.29, 0.717) is 37.5 Å². The van der Waals surface area contributed by atoms with Gasteiger partial charge in [-0.05, 0) is 24.5 Å². The van der Waals surface area contributed by atoms with Crippen molar-refractivity contribution < 1.29 is 28.5 Å². The summed E-state index contributed by atoms with van der Waals surface area (Å²) in [7, 11) is 1.29. The van der Waals surface area contributed by atoms with E-state index < -0.39 is 23.6 Å². The van der Waals surface area contributed by atoms with Gasteiger partial charge in [-0.15, -0.1) is 0 Å². The number of ether oxygens (including phenoxy) is 4. The van der Waals surface area contributed by atoms with Gasteiger partial charge in [0.05, 0.1) is 7.11 Å². The Morgan fingerprint density at radius 1 is 1.25 bits per heavy atom. The lowest BCUT2D eigenvalue weighted by atomic mass is 9.88. The van der Waals surface area contributed by atoms with Crippen LogP contribution in [-0.2, 0) is 30.4 Å². The lowest BCUT2D eigenvalue weighted by Crippen LogP contribution is -2.46. The summed E-state index contributed by atoms with van der Waals surface area (Å²) in [5, 5.41) is 0. The van der Waals surface area contributed by atoms with Crippen LogP contribution in [0.5, 0.6) is 5.88 Å². The Morgan fingerprint density at radius 3 is 2.68 bits per heavy atom. The zero-order chi connectivity index (χ0) is 20.0. The van der Waals surface area contributed by atoms with Crippen molar-refractivity contribution in [3.63, 3.8) is 0 Å². The SMILES string of the molecule is COC(=O)C1(C(OC(C)=O)c2ccnc(OCc3ccccc3)c2)CCCO1. The van der Waals surface area contributed by atoms with Crippen LogP contribution >= 0.6 is 0 Å². The number of methoxy groups -OCH3 is 1. The monoisotopic (exact) mass is 385 g/mol. The van der Waals surface area contributed by atoms with Crippen LogP contribution in [0.4, 0.5) is 0 Å². The Morgan fingerprint density at radius 2 is 2.04 bits per heavy atom. The molecule has 0 amide bonds. The van der Waals surface area contributed by atoms with Gasteiger partial charge in [0.1, 0.15) is 6.61 Å². The Kier molecular flexibility index (Phi) is 6.26. The lowest BCUT2D eigenvalue weighted by molar-refractivity contribution is -0.188.